The lowest BCUT2D eigenvalue weighted by Crippen LogP contribution is -2.39. The number of carbonyl (C=O) groups excluding carboxylic acids is 2. The smallest absolute Gasteiger partial charge is 0.412 e. The van der Waals surface area contributed by atoms with Crippen molar-refractivity contribution in [2.45, 2.75) is 39.8 Å². The number of anilines is 1. The van der Waals surface area contributed by atoms with Crippen molar-refractivity contribution in [2.24, 2.45) is 0 Å². The van der Waals surface area contributed by atoms with Gasteiger partial charge >= 0.3 is 6.09 Å². The summed E-state index contributed by atoms with van der Waals surface area (Å²) in [6.07, 6.45) is -0.595. The molecule has 0 bridgehead atoms. The molecule has 2 aromatic rings. The first-order valence-corrected chi connectivity index (χ1v) is 9.18. The Morgan fingerprint density at radius 1 is 1.27 bits per heavy atom. The van der Waals surface area contributed by atoms with Gasteiger partial charge in [-0.1, -0.05) is 23.2 Å². The van der Waals surface area contributed by atoms with Crippen molar-refractivity contribution in [2.75, 3.05) is 18.4 Å². The van der Waals surface area contributed by atoms with Gasteiger partial charge in [0.05, 0.1) is 21.2 Å². The zero-order valence-electron chi connectivity index (χ0n) is 15.2. The fraction of sp³-hybridized carbons (Fsp3) is 0.444. The van der Waals surface area contributed by atoms with Gasteiger partial charge in [0.25, 0.3) is 5.91 Å². The van der Waals surface area contributed by atoms with Crippen LogP contribution in [0.4, 0.5) is 10.5 Å². The lowest BCUT2D eigenvalue weighted by atomic mass is 10.2. The molecular weight excluding hydrogens is 377 g/mol. The number of fused-ring (bicyclic) bond motifs is 3. The summed E-state index contributed by atoms with van der Waals surface area (Å²) in [5.41, 5.74) is 1.01. The summed E-state index contributed by atoms with van der Waals surface area (Å²) >= 11 is 12.7. The molecule has 1 aromatic heterocycles. The maximum Gasteiger partial charge on any atom is 0.412 e. The Balaban J connectivity index is 2.10. The van der Waals surface area contributed by atoms with E-state index in [1.165, 1.54) is 0 Å². The molecule has 3 rings (SSSR count). The summed E-state index contributed by atoms with van der Waals surface area (Å²) in [6, 6.07) is 3.32. The Kier molecular flexibility index (Phi) is 4.84. The van der Waals surface area contributed by atoms with E-state index in [9.17, 15) is 9.59 Å². The monoisotopic (exact) mass is 397 g/mol. The molecule has 1 aromatic carbocycles. The Hall–Kier alpha value is -1.92. The zero-order valence-corrected chi connectivity index (χ0v) is 16.7. The molecule has 2 heterocycles. The van der Waals surface area contributed by atoms with Gasteiger partial charge in [-0.15, -0.1) is 0 Å². The summed E-state index contributed by atoms with van der Waals surface area (Å²) in [5, 5.41) is 4.04. The molecule has 1 aliphatic heterocycles. The Morgan fingerprint density at radius 3 is 2.58 bits per heavy atom. The van der Waals surface area contributed by atoms with Crippen LogP contribution in [-0.2, 0) is 11.3 Å². The number of benzene rings is 1. The average Bonchev–Trinajstić information content (AvgIpc) is 2.92. The number of aromatic nitrogens is 1. The number of carbonyl (C=O) groups is 2. The number of ether oxygens (including phenoxy) is 1. The molecule has 0 fully saturated rings. The van der Waals surface area contributed by atoms with Crippen LogP contribution in [0.25, 0.3) is 10.9 Å². The molecule has 0 unspecified atom stereocenters. The SMILES string of the molecule is CCN1CCn2c(cc3c(NC(=O)OC(C)(C)C)cc(Cl)c(Cl)c32)C1=O. The van der Waals surface area contributed by atoms with Gasteiger partial charge in [0.2, 0.25) is 0 Å². The van der Waals surface area contributed by atoms with Gasteiger partial charge in [-0.25, -0.2) is 4.79 Å². The van der Waals surface area contributed by atoms with Crippen molar-refractivity contribution in [3.05, 3.63) is 27.9 Å². The minimum absolute atomic E-state index is 0.0645. The molecular formula is C18H21Cl2N3O3. The highest BCUT2D eigenvalue weighted by atomic mass is 35.5. The molecule has 0 radical (unpaired) electrons. The maximum atomic E-state index is 12.7. The van der Waals surface area contributed by atoms with Crippen molar-refractivity contribution in [1.82, 2.24) is 9.47 Å². The van der Waals surface area contributed by atoms with E-state index >= 15 is 0 Å². The van der Waals surface area contributed by atoms with Crippen molar-refractivity contribution >= 4 is 51.8 Å². The zero-order chi connectivity index (χ0) is 19.2. The second-order valence-corrected chi connectivity index (χ2v) is 7.96. The summed E-state index contributed by atoms with van der Waals surface area (Å²) in [4.78, 5) is 26.6. The van der Waals surface area contributed by atoms with Crippen LogP contribution in [0.5, 0.6) is 0 Å². The van der Waals surface area contributed by atoms with Crippen molar-refractivity contribution in [1.29, 1.82) is 0 Å². The molecule has 1 N–H and O–H groups in total. The van der Waals surface area contributed by atoms with Gasteiger partial charge in [-0.3, -0.25) is 10.1 Å². The predicted molar refractivity (Wildman–Crippen MR) is 103 cm³/mol. The summed E-state index contributed by atoms with van der Waals surface area (Å²) in [6.45, 7) is 9.14. The molecule has 140 valence electrons. The molecule has 1 aliphatic rings. The van der Waals surface area contributed by atoms with Gasteiger partial charge < -0.3 is 14.2 Å². The van der Waals surface area contributed by atoms with Gasteiger partial charge in [-0.05, 0) is 39.8 Å². The molecule has 0 spiro atoms. The minimum atomic E-state index is -0.628. The quantitative estimate of drug-likeness (QED) is 0.793. The highest BCUT2D eigenvalue weighted by Gasteiger charge is 2.28. The second kappa shape index (κ2) is 6.67. The Morgan fingerprint density at radius 2 is 1.96 bits per heavy atom. The van der Waals surface area contributed by atoms with E-state index in [1.807, 2.05) is 11.5 Å². The molecule has 0 saturated heterocycles. The fourth-order valence-electron chi connectivity index (χ4n) is 3.08. The number of amides is 2. The standard InChI is InChI=1S/C18H21Cl2N3O3/c1-5-22-6-7-23-13(16(22)24)8-10-12(9-11(19)14(20)15(10)23)21-17(25)26-18(2,3)4/h8-9H,5-7H2,1-4H3,(H,21,25). The molecule has 0 atom stereocenters. The average molecular weight is 398 g/mol. The number of halogens is 2. The van der Waals surface area contributed by atoms with Crippen LogP contribution in [0.3, 0.4) is 0 Å². The summed E-state index contributed by atoms with van der Waals surface area (Å²) in [5.74, 6) is -0.0645. The maximum absolute atomic E-state index is 12.7. The van der Waals surface area contributed by atoms with Crippen LogP contribution in [0.1, 0.15) is 38.2 Å². The molecule has 2 amide bonds. The lowest BCUT2D eigenvalue weighted by molar-refractivity contribution is 0.0635. The molecule has 8 heteroatoms. The van der Waals surface area contributed by atoms with E-state index in [2.05, 4.69) is 5.32 Å². The first-order chi connectivity index (χ1) is 12.1. The molecule has 0 aliphatic carbocycles. The number of hydrogen-bond acceptors (Lipinski definition) is 3. The predicted octanol–water partition coefficient (Wildman–Crippen LogP) is 4.77. The topological polar surface area (TPSA) is 63.6 Å². The first-order valence-electron chi connectivity index (χ1n) is 8.43. The largest absolute Gasteiger partial charge is 0.444 e. The van der Waals surface area contributed by atoms with Crippen LogP contribution in [-0.4, -0.2) is 40.2 Å². The third kappa shape index (κ3) is 3.35. The van der Waals surface area contributed by atoms with E-state index in [4.69, 9.17) is 27.9 Å². The number of hydrogen-bond donors (Lipinski definition) is 1. The van der Waals surface area contributed by atoms with Crippen molar-refractivity contribution < 1.29 is 14.3 Å². The second-order valence-electron chi connectivity index (χ2n) is 7.18. The highest BCUT2D eigenvalue weighted by Crippen LogP contribution is 2.39. The number of likely N-dealkylation sites (N-methyl/N-ethyl adjacent to an activating group) is 1. The molecule has 0 saturated carbocycles. The highest BCUT2D eigenvalue weighted by molar-refractivity contribution is 6.45. The van der Waals surface area contributed by atoms with Crippen molar-refractivity contribution in [3.63, 3.8) is 0 Å². The Labute approximate surface area is 162 Å². The van der Waals surface area contributed by atoms with Crippen LogP contribution in [0, 0.1) is 0 Å². The van der Waals surface area contributed by atoms with E-state index in [1.54, 1.807) is 37.8 Å². The first kappa shape index (κ1) is 18.9. The van der Waals surface area contributed by atoms with Crippen LogP contribution >= 0.6 is 23.2 Å². The van der Waals surface area contributed by atoms with E-state index in [0.29, 0.717) is 52.0 Å². The normalized spacial score (nSPS) is 14.5. The van der Waals surface area contributed by atoms with Crippen LogP contribution in [0.15, 0.2) is 12.1 Å². The number of rotatable bonds is 2. The molecule has 26 heavy (non-hydrogen) atoms. The van der Waals surface area contributed by atoms with Gasteiger partial charge in [0, 0.05) is 25.0 Å². The van der Waals surface area contributed by atoms with E-state index < -0.39 is 11.7 Å². The van der Waals surface area contributed by atoms with Crippen LogP contribution in [0.2, 0.25) is 10.0 Å². The summed E-state index contributed by atoms with van der Waals surface area (Å²) in [7, 11) is 0. The van der Waals surface area contributed by atoms with E-state index in [-0.39, 0.29) is 5.91 Å². The van der Waals surface area contributed by atoms with Gasteiger partial charge in [-0.2, -0.15) is 0 Å². The third-order valence-electron chi connectivity index (χ3n) is 4.19. The number of nitrogens with zero attached hydrogens (tertiary/aromatic N) is 2. The lowest BCUT2D eigenvalue weighted by Gasteiger charge is -2.27. The van der Waals surface area contributed by atoms with Crippen molar-refractivity contribution in [3.8, 4) is 0 Å². The van der Waals surface area contributed by atoms with E-state index in [0.717, 1.165) is 0 Å². The minimum Gasteiger partial charge on any atom is -0.444 e. The van der Waals surface area contributed by atoms with Gasteiger partial charge in [0.15, 0.2) is 0 Å². The fourth-order valence-corrected chi connectivity index (χ4v) is 3.54. The van der Waals surface area contributed by atoms with Gasteiger partial charge in [0.1, 0.15) is 11.3 Å². The molecule has 6 nitrogen and oxygen atoms in total. The summed E-state index contributed by atoms with van der Waals surface area (Å²) < 4.78 is 7.17. The third-order valence-corrected chi connectivity index (χ3v) is 4.97. The number of nitrogens with one attached hydrogen (secondary N) is 1. The van der Waals surface area contributed by atoms with Crippen LogP contribution < -0.4 is 5.32 Å². The Bertz CT molecular complexity index is 899.